The summed E-state index contributed by atoms with van der Waals surface area (Å²) in [4.78, 5) is 13.7. The molecule has 0 radical (unpaired) electrons. The SMILES string of the molecule is CC1CC1CN1C(=O)CNC1c1ccccc1F. The van der Waals surface area contributed by atoms with E-state index in [1.807, 2.05) is 0 Å². The minimum atomic E-state index is -0.300. The van der Waals surface area contributed by atoms with Gasteiger partial charge in [0.1, 0.15) is 12.0 Å². The van der Waals surface area contributed by atoms with Crippen molar-refractivity contribution in [1.29, 1.82) is 0 Å². The van der Waals surface area contributed by atoms with Crippen LogP contribution in [0.1, 0.15) is 25.1 Å². The van der Waals surface area contributed by atoms with Crippen LogP contribution in [0.25, 0.3) is 0 Å². The van der Waals surface area contributed by atoms with E-state index < -0.39 is 0 Å². The summed E-state index contributed by atoms with van der Waals surface area (Å²) in [5, 5.41) is 3.10. The predicted molar refractivity (Wildman–Crippen MR) is 66.1 cm³/mol. The Morgan fingerprint density at radius 1 is 1.44 bits per heavy atom. The zero-order chi connectivity index (χ0) is 12.7. The number of benzene rings is 1. The van der Waals surface area contributed by atoms with Gasteiger partial charge in [-0.2, -0.15) is 0 Å². The van der Waals surface area contributed by atoms with Gasteiger partial charge in [0.05, 0.1) is 6.54 Å². The molecule has 1 aliphatic carbocycles. The van der Waals surface area contributed by atoms with Crippen molar-refractivity contribution in [1.82, 2.24) is 10.2 Å². The number of amides is 1. The van der Waals surface area contributed by atoms with E-state index >= 15 is 0 Å². The summed E-state index contributed by atoms with van der Waals surface area (Å²) < 4.78 is 13.8. The number of rotatable bonds is 3. The Bertz CT molecular complexity index is 477. The van der Waals surface area contributed by atoms with Crippen molar-refractivity contribution < 1.29 is 9.18 Å². The molecule has 0 aromatic heterocycles. The Kier molecular flexibility index (Phi) is 2.82. The Labute approximate surface area is 106 Å². The Morgan fingerprint density at radius 3 is 2.83 bits per heavy atom. The lowest BCUT2D eigenvalue weighted by molar-refractivity contribution is -0.128. The molecule has 2 fully saturated rings. The first-order chi connectivity index (χ1) is 8.66. The van der Waals surface area contributed by atoms with E-state index in [9.17, 15) is 9.18 Å². The fourth-order valence-corrected chi connectivity index (χ4v) is 2.63. The van der Waals surface area contributed by atoms with Gasteiger partial charge in [-0.15, -0.1) is 0 Å². The van der Waals surface area contributed by atoms with Gasteiger partial charge in [0.15, 0.2) is 0 Å². The van der Waals surface area contributed by atoms with Crippen LogP contribution < -0.4 is 5.32 Å². The van der Waals surface area contributed by atoms with Gasteiger partial charge >= 0.3 is 0 Å². The van der Waals surface area contributed by atoms with Crippen molar-refractivity contribution in [2.45, 2.75) is 19.5 Å². The lowest BCUT2D eigenvalue weighted by atomic mass is 10.1. The average Bonchev–Trinajstić information content (AvgIpc) is 2.93. The highest BCUT2D eigenvalue weighted by molar-refractivity contribution is 5.81. The topological polar surface area (TPSA) is 32.3 Å². The molecule has 18 heavy (non-hydrogen) atoms. The van der Waals surface area contributed by atoms with E-state index in [1.165, 1.54) is 12.5 Å². The Hall–Kier alpha value is -1.42. The highest BCUT2D eigenvalue weighted by Crippen LogP contribution is 2.40. The molecule has 1 amide bonds. The van der Waals surface area contributed by atoms with Gasteiger partial charge < -0.3 is 4.90 Å². The average molecular weight is 248 g/mol. The third kappa shape index (κ3) is 2.01. The Morgan fingerprint density at radius 2 is 2.17 bits per heavy atom. The molecule has 1 heterocycles. The number of carbonyl (C=O) groups is 1. The second-order valence-electron chi connectivity index (χ2n) is 5.32. The molecule has 3 atom stereocenters. The molecular formula is C14H17FN2O. The molecule has 1 N–H and O–H groups in total. The zero-order valence-corrected chi connectivity index (χ0v) is 10.4. The van der Waals surface area contributed by atoms with Crippen molar-refractivity contribution in [2.75, 3.05) is 13.1 Å². The first-order valence-electron chi connectivity index (χ1n) is 6.44. The fraction of sp³-hybridized carbons (Fsp3) is 0.500. The molecular weight excluding hydrogens is 231 g/mol. The van der Waals surface area contributed by atoms with Crippen molar-refractivity contribution >= 4 is 5.91 Å². The monoisotopic (exact) mass is 248 g/mol. The highest BCUT2D eigenvalue weighted by atomic mass is 19.1. The van der Waals surface area contributed by atoms with E-state index in [4.69, 9.17) is 0 Å². The molecule has 0 bridgehead atoms. The number of nitrogens with zero attached hydrogens (tertiary/aromatic N) is 1. The zero-order valence-electron chi connectivity index (χ0n) is 10.4. The standard InChI is InChI=1S/C14H17FN2O/c1-9-6-10(9)8-17-13(18)7-16-14(17)11-4-2-3-5-12(11)15/h2-5,9-10,14,16H,6-8H2,1H3. The first-order valence-corrected chi connectivity index (χ1v) is 6.44. The molecule has 1 aromatic carbocycles. The molecule has 3 unspecified atom stereocenters. The maximum absolute atomic E-state index is 13.8. The van der Waals surface area contributed by atoms with Crippen LogP contribution in [0.4, 0.5) is 4.39 Å². The number of carbonyl (C=O) groups excluding carboxylic acids is 1. The van der Waals surface area contributed by atoms with Crippen LogP contribution in [0.15, 0.2) is 24.3 Å². The molecule has 3 rings (SSSR count). The van der Waals surface area contributed by atoms with Crippen LogP contribution in [-0.4, -0.2) is 23.9 Å². The molecule has 1 saturated carbocycles. The van der Waals surface area contributed by atoms with Gasteiger partial charge in [0.25, 0.3) is 0 Å². The minimum absolute atomic E-state index is 0.0716. The predicted octanol–water partition coefficient (Wildman–Crippen LogP) is 1.91. The van der Waals surface area contributed by atoms with Crippen LogP contribution in [0, 0.1) is 17.7 Å². The molecule has 4 heteroatoms. The van der Waals surface area contributed by atoms with Crippen LogP contribution >= 0.6 is 0 Å². The van der Waals surface area contributed by atoms with E-state index in [1.54, 1.807) is 23.1 Å². The van der Waals surface area contributed by atoms with Gasteiger partial charge in [-0.25, -0.2) is 4.39 Å². The molecule has 2 aliphatic rings. The van der Waals surface area contributed by atoms with Crippen molar-refractivity contribution in [3.8, 4) is 0 Å². The maximum atomic E-state index is 13.8. The summed E-state index contributed by atoms with van der Waals surface area (Å²) in [5.41, 5.74) is 0.566. The Balaban J connectivity index is 1.82. The largest absolute Gasteiger partial charge is 0.321 e. The van der Waals surface area contributed by atoms with E-state index in [0.717, 1.165) is 6.54 Å². The summed E-state index contributed by atoms with van der Waals surface area (Å²) in [5.74, 6) is 1.10. The molecule has 1 aromatic rings. The summed E-state index contributed by atoms with van der Waals surface area (Å²) in [6.45, 7) is 3.24. The summed E-state index contributed by atoms with van der Waals surface area (Å²) in [7, 11) is 0. The second-order valence-corrected chi connectivity index (χ2v) is 5.32. The summed E-state index contributed by atoms with van der Waals surface area (Å²) >= 11 is 0. The quantitative estimate of drug-likeness (QED) is 0.886. The highest BCUT2D eigenvalue weighted by Gasteiger charge is 2.40. The summed E-state index contributed by atoms with van der Waals surface area (Å²) in [6, 6.07) is 6.66. The van der Waals surface area contributed by atoms with Crippen molar-refractivity contribution in [3.63, 3.8) is 0 Å². The number of halogens is 1. The van der Waals surface area contributed by atoms with Crippen molar-refractivity contribution in [3.05, 3.63) is 35.6 Å². The third-order valence-corrected chi connectivity index (χ3v) is 3.99. The normalized spacial score (nSPS) is 30.9. The smallest absolute Gasteiger partial charge is 0.238 e. The fourth-order valence-electron chi connectivity index (χ4n) is 2.63. The maximum Gasteiger partial charge on any atom is 0.238 e. The summed E-state index contributed by atoms with van der Waals surface area (Å²) in [6.07, 6.45) is 0.875. The number of hydrogen-bond donors (Lipinski definition) is 1. The molecule has 1 aliphatic heterocycles. The van der Waals surface area contributed by atoms with Crippen LogP contribution in [0.5, 0.6) is 0 Å². The second kappa shape index (κ2) is 4.35. The lowest BCUT2D eigenvalue weighted by Gasteiger charge is -2.25. The number of hydrogen-bond acceptors (Lipinski definition) is 2. The van der Waals surface area contributed by atoms with Gasteiger partial charge in [0.2, 0.25) is 5.91 Å². The number of nitrogens with one attached hydrogen (secondary N) is 1. The van der Waals surface area contributed by atoms with E-state index in [2.05, 4.69) is 12.2 Å². The van der Waals surface area contributed by atoms with Gasteiger partial charge in [-0.1, -0.05) is 25.1 Å². The van der Waals surface area contributed by atoms with E-state index in [-0.39, 0.29) is 17.9 Å². The molecule has 96 valence electrons. The van der Waals surface area contributed by atoms with Gasteiger partial charge in [0, 0.05) is 12.1 Å². The van der Waals surface area contributed by atoms with Crippen molar-refractivity contribution in [2.24, 2.45) is 11.8 Å². The van der Waals surface area contributed by atoms with Crippen LogP contribution in [0.3, 0.4) is 0 Å². The van der Waals surface area contributed by atoms with E-state index in [0.29, 0.717) is 23.9 Å². The molecule has 0 spiro atoms. The van der Waals surface area contributed by atoms with Gasteiger partial charge in [-0.05, 0) is 24.3 Å². The molecule has 1 saturated heterocycles. The first kappa shape index (κ1) is 11.7. The minimum Gasteiger partial charge on any atom is -0.321 e. The van der Waals surface area contributed by atoms with Gasteiger partial charge in [-0.3, -0.25) is 10.1 Å². The lowest BCUT2D eigenvalue weighted by Crippen LogP contribution is -2.32. The van der Waals surface area contributed by atoms with Crippen LogP contribution in [0.2, 0.25) is 0 Å². The molecule has 3 nitrogen and oxygen atoms in total. The van der Waals surface area contributed by atoms with Crippen LogP contribution in [-0.2, 0) is 4.79 Å². The third-order valence-electron chi connectivity index (χ3n) is 3.99.